The van der Waals surface area contributed by atoms with Crippen molar-refractivity contribution in [3.8, 4) is 0 Å². The van der Waals surface area contributed by atoms with E-state index in [0.29, 0.717) is 5.56 Å². The first-order valence-electron chi connectivity index (χ1n) is 6.88. The third-order valence-electron chi connectivity index (χ3n) is 4.36. The zero-order valence-corrected chi connectivity index (χ0v) is 12.5. The number of carbonyl (C=O) groups is 3. The lowest BCUT2D eigenvalue weighted by molar-refractivity contribution is -0.384. The molecule has 23 heavy (non-hydrogen) atoms. The van der Waals surface area contributed by atoms with Gasteiger partial charge in [0.2, 0.25) is 11.8 Å². The van der Waals surface area contributed by atoms with Crippen LogP contribution < -0.4 is 10.2 Å². The summed E-state index contributed by atoms with van der Waals surface area (Å²) in [5.74, 6) is -1.27. The zero-order valence-electron chi connectivity index (χ0n) is 12.5. The largest absolute Gasteiger partial charge is 0.373 e. The molecule has 0 aliphatic carbocycles. The number of urea groups is 1. The summed E-state index contributed by atoms with van der Waals surface area (Å²) in [7, 11) is 3.00. The van der Waals surface area contributed by atoms with Crippen LogP contribution in [0.3, 0.4) is 0 Å². The lowest BCUT2D eigenvalue weighted by Gasteiger charge is -2.44. The molecule has 2 heterocycles. The minimum atomic E-state index is -1.46. The van der Waals surface area contributed by atoms with Crippen LogP contribution in [0.15, 0.2) is 18.2 Å². The molecule has 1 N–H and O–H groups in total. The molecule has 9 heteroatoms. The predicted octanol–water partition coefficient (Wildman–Crippen LogP) is 0.282. The van der Waals surface area contributed by atoms with Gasteiger partial charge in [0.25, 0.3) is 5.69 Å². The van der Waals surface area contributed by atoms with Gasteiger partial charge in [-0.1, -0.05) is 0 Å². The van der Waals surface area contributed by atoms with Crippen molar-refractivity contribution in [2.75, 3.05) is 25.5 Å². The second kappa shape index (κ2) is 4.77. The van der Waals surface area contributed by atoms with Crippen LogP contribution in [0.2, 0.25) is 0 Å². The number of non-ortho nitro benzene ring substituents is 1. The zero-order chi connectivity index (χ0) is 16.9. The van der Waals surface area contributed by atoms with E-state index >= 15 is 0 Å². The Balaban J connectivity index is 2.09. The topological polar surface area (TPSA) is 113 Å². The van der Waals surface area contributed by atoms with Crippen molar-refractivity contribution in [3.05, 3.63) is 33.9 Å². The summed E-state index contributed by atoms with van der Waals surface area (Å²) >= 11 is 0. The molecule has 1 spiro atoms. The minimum absolute atomic E-state index is 0.0106. The highest BCUT2D eigenvalue weighted by molar-refractivity contribution is 6.19. The molecular weight excluding hydrogens is 304 g/mol. The molecule has 1 saturated heterocycles. The average molecular weight is 318 g/mol. The average Bonchev–Trinajstić information content (AvgIpc) is 2.51. The van der Waals surface area contributed by atoms with Gasteiger partial charge in [0.15, 0.2) is 0 Å². The lowest BCUT2D eigenvalue weighted by atomic mass is 9.74. The smallest absolute Gasteiger partial charge is 0.330 e. The molecule has 2 aliphatic heterocycles. The normalized spacial score (nSPS) is 23.8. The van der Waals surface area contributed by atoms with Crippen LogP contribution >= 0.6 is 0 Å². The third kappa shape index (κ3) is 2.04. The van der Waals surface area contributed by atoms with Crippen LogP contribution in [0, 0.1) is 15.5 Å². The number of hydrogen-bond acceptors (Lipinski definition) is 6. The molecule has 0 saturated carbocycles. The second-order valence-corrected chi connectivity index (χ2v) is 5.81. The highest BCUT2D eigenvalue weighted by atomic mass is 16.6. The summed E-state index contributed by atoms with van der Waals surface area (Å²) < 4.78 is 0. The Labute approximate surface area is 131 Å². The number of imide groups is 2. The molecule has 2 aliphatic rings. The van der Waals surface area contributed by atoms with Crippen molar-refractivity contribution in [2.45, 2.75) is 6.42 Å². The van der Waals surface area contributed by atoms with Crippen LogP contribution in [0.25, 0.3) is 0 Å². The Kier molecular flexibility index (Phi) is 3.10. The number of amides is 4. The molecule has 1 atom stereocenters. The quantitative estimate of drug-likeness (QED) is 0.452. The highest BCUT2D eigenvalue weighted by Crippen LogP contribution is 2.40. The van der Waals surface area contributed by atoms with E-state index in [4.69, 9.17) is 0 Å². The van der Waals surface area contributed by atoms with E-state index in [0.717, 1.165) is 10.6 Å². The van der Waals surface area contributed by atoms with Crippen molar-refractivity contribution in [3.63, 3.8) is 0 Å². The van der Waals surface area contributed by atoms with Gasteiger partial charge in [-0.05, 0) is 18.1 Å². The number of nitrogens with zero attached hydrogens (tertiary/aromatic N) is 3. The van der Waals surface area contributed by atoms with Crippen molar-refractivity contribution < 1.29 is 19.3 Å². The third-order valence-corrected chi connectivity index (χ3v) is 4.36. The number of anilines is 1. The number of benzene rings is 1. The van der Waals surface area contributed by atoms with E-state index in [1.54, 1.807) is 18.0 Å². The number of nitrogens with one attached hydrogen (secondary N) is 1. The SMILES string of the molecule is CN1C(=O)NC(=O)[C@]2(Cc3cc([N+](=O)[O-])ccc3N(C)C2)C1=O. The summed E-state index contributed by atoms with van der Waals surface area (Å²) in [6.45, 7) is 0.0973. The molecular formula is C14H14N4O5. The summed E-state index contributed by atoms with van der Waals surface area (Å²) in [6.07, 6.45) is 0.0106. The van der Waals surface area contributed by atoms with Crippen LogP contribution in [-0.2, 0) is 16.0 Å². The van der Waals surface area contributed by atoms with Gasteiger partial charge in [-0.3, -0.25) is 29.9 Å². The van der Waals surface area contributed by atoms with Crippen LogP contribution in [0.5, 0.6) is 0 Å². The molecule has 0 radical (unpaired) electrons. The molecule has 120 valence electrons. The maximum Gasteiger partial charge on any atom is 0.330 e. The Morgan fingerprint density at radius 1 is 1.26 bits per heavy atom. The summed E-state index contributed by atoms with van der Waals surface area (Å²) in [5.41, 5.74) is -0.317. The predicted molar refractivity (Wildman–Crippen MR) is 78.8 cm³/mol. The standard InChI is InChI=1S/C14H14N4O5/c1-16-7-14(11(19)15-13(21)17(2)12(14)20)6-8-5-9(18(22)23)3-4-10(8)16/h3-5H,6-7H2,1-2H3,(H,15,19,21)/t14-/m1/s1. The minimum Gasteiger partial charge on any atom is -0.373 e. The molecule has 0 aromatic heterocycles. The summed E-state index contributed by atoms with van der Waals surface area (Å²) in [5, 5.41) is 13.1. The molecule has 1 aromatic carbocycles. The fraction of sp³-hybridized carbons (Fsp3) is 0.357. The van der Waals surface area contributed by atoms with Crippen molar-refractivity contribution in [1.29, 1.82) is 0 Å². The van der Waals surface area contributed by atoms with Gasteiger partial charge in [0, 0.05) is 38.5 Å². The van der Waals surface area contributed by atoms with Gasteiger partial charge in [-0.2, -0.15) is 0 Å². The van der Waals surface area contributed by atoms with Crippen molar-refractivity contribution in [2.24, 2.45) is 5.41 Å². The Bertz CT molecular complexity index is 762. The molecule has 1 aromatic rings. The van der Waals surface area contributed by atoms with Crippen LogP contribution in [0.1, 0.15) is 5.56 Å². The maximum atomic E-state index is 12.6. The monoisotopic (exact) mass is 318 g/mol. The van der Waals surface area contributed by atoms with E-state index in [9.17, 15) is 24.5 Å². The molecule has 3 rings (SSSR count). The molecule has 4 amide bonds. The van der Waals surface area contributed by atoms with Crippen molar-refractivity contribution >= 4 is 29.2 Å². The number of hydrogen-bond donors (Lipinski definition) is 1. The van der Waals surface area contributed by atoms with Gasteiger partial charge in [-0.25, -0.2) is 4.79 Å². The van der Waals surface area contributed by atoms with Crippen LogP contribution in [0.4, 0.5) is 16.2 Å². The van der Waals surface area contributed by atoms with Gasteiger partial charge < -0.3 is 4.90 Å². The second-order valence-electron chi connectivity index (χ2n) is 5.81. The van der Waals surface area contributed by atoms with E-state index in [1.807, 2.05) is 0 Å². The van der Waals surface area contributed by atoms with Crippen molar-refractivity contribution in [1.82, 2.24) is 10.2 Å². The van der Waals surface area contributed by atoms with E-state index < -0.39 is 28.2 Å². The number of fused-ring (bicyclic) bond motifs is 1. The van der Waals surface area contributed by atoms with Crippen LogP contribution in [-0.4, -0.2) is 48.3 Å². The van der Waals surface area contributed by atoms with Gasteiger partial charge >= 0.3 is 6.03 Å². The molecule has 1 fully saturated rings. The molecule has 0 bridgehead atoms. The van der Waals surface area contributed by atoms with Gasteiger partial charge in [-0.15, -0.1) is 0 Å². The van der Waals surface area contributed by atoms with E-state index in [-0.39, 0.29) is 18.7 Å². The van der Waals surface area contributed by atoms with E-state index in [1.165, 1.54) is 19.2 Å². The fourth-order valence-corrected chi connectivity index (χ4v) is 3.18. The lowest BCUT2D eigenvalue weighted by Crippen LogP contribution is -2.67. The molecule has 9 nitrogen and oxygen atoms in total. The first kappa shape index (κ1) is 14.9. The number of rotatable bonds is 1. The number of barbiturate groups is 1. The molecule has 0 unspecified atom stereocenters. The fourth-order valence-electron chi connectivity index (χ4n) is 3.18. The maximum absolute atomic E-state index is 12.6. The summed E-state index contributed by atoms with van der Waals surface area (Å²) in [4.78, 5) is 49.5. The number of carbonyl (C=O) groups excluding carboxylic acids is 3. The Hall–Kier alpha value is -2.97. The highest BCUT2D eigenvalue weighted by Gasteiger charge is 2.55. The Morgan fingerprint density at radius 2 is 1.96 bits per heavy atom. The number of nitro groups is 1. The van der Waals surface area contributed by atoms with Gasteiger partial charge in [0.05, 0.1) is 4.92 Å². The first-order chi connectivity index (χ1) is 10.8. The first-order valence-corrected chi connectivity index (χ1v) is 6.88. The Morgan fingerprint density at radius 3 is 2.61 bits per heavy atom. The van der Waals surface area contributed by atoms with Gasteiger partial charge in [0.1, 0.15) is 5.41 Å². The number of nitro benzene ring substituents is 1. The van der Waals surface area contributed by atoms with E-state index in [2.05, 4.69) is 5.32 Å². The summed E-state index contributed by atoms with van der Waals surface area (Å²) in [6, 6.07) is 3.58.